The molecular weight excluding hydrogens is 319 g/mol. The number of likely N-dealkylation sites (N-methyl/N-ethyl adjacent to an activating group) is 1. The zero-order valence-electron chi connectivity index (χ0n) is 13.0. The molecule has 1 fully saturated rings. The molecule has 0 aromatic heterocycles. The molecule has 1 saturated heterocycles. The lowest BCUT2D eigenvalue weighted by Gasteiger charge is -2.17. The number of hydrogen-bond donors (Lipinski definition) is 3. The van der Waals surface area contributed by atoms with E-state index in [0.29, 0.717) is 5.69 Å². The Morgan fingerprint density at radius 1 is 1.25 bits per heavy atom. The van der Waals surface area contributed by atoms with E-state index in [0.717, 1.165) is 0 Å². The summed E-state index contributed by atoms with van der Waals surface area (Å²) in [5.74, 6) is -1.64. The summed E-state index contributed by atoms with van der Waals surface area (Å²) in [6, 6.07) is 3.94. The number of carbonyl (C=O) groups is 4. The van der Waals surface area contributed by atoms with Crippen molar-refractivity contribution in [2.45, 2.75) is 18.9 Å². The molecule has 1 heterocycles. The molecule has 1 aliphatic heterocycles. The van der Waals surface area contributed by atoms with E-state index in [2.05, 4.69) is 16.0 Å². The number of imide groups is 1. The Balaban J connectivity index is 1.76. The van der Waals surface area contributed by atoms with Crippen LogP contribution in [0, 0.1) is 5.82 Å². The highest BCUT2D eigenvalue weighted by atomic mass is 19.1. The normalized spacial score (nSPS) is 16.3. The van der Waals surface area contributed by atoms with E-state index < -0.39 is 29.7 Å². The van der Waals surface area contributed by atoms with E-state index in [1.807, 2.05) is 0 Å². The molecule has 24 heavy (non-hydrogen) atoms. The molecule has 0 radical (unpaired) electrons. The molecule has 9 heteroatoms. The molecule has 8 nitrogen and oxygen atoms in total. The van der Waals surface area contributed by atoms with Gasteiger partial charge in [0.15, 0.2) is 0 Å². The highest BCUT2D eigenvalue weighted by Gasteiger charge is 2.29. The van der Waals surface area contributed by atoms with E-state index in [1.165, 1.54) is 36.2 Å². The first-order chi connectivity index (χ1) is 11.3. The number of hydrogen-bond acceptors (Lipinski definition) is 4. The number of carbonyl (C=O) groups excluding carboxylic acids is 4. The Hall–Kier alpha value is -2.97. The van der Waals surface area contributed by atoms with Crippen LogP contribution < -0.4 is 16.0 Å². The fourth-order valence-electron chi connectivity index (χ4n) is 2.16. The Morgan fingerprint density at radius 2 is 1.92 bits per heavy atom. The van der Waals surface area contributed by atoms with Gasteiger partial charge in [-0.25, -0.2) is 9.18 Å². The summed E-state index contributed by atoms with van der Waals surface area (Å²) in [6.45, 7) is -0.181. The summed E-state index contributed by atoms with van der Waals surface area (Å²) in [7, 11) is 1.46. The van der Waals surface area contributed by atoms with Gasteiger partial charge in [0.25, 0.3) is 5.91 Å². The molecule has 2 rings (SSSR count). The monoisotopic (exact) mass is 336 g/mol. The van der Waals surface area contributed by atoms with E-state index in [9.17, 15) is 23.6 Å². The quantitative estimate of drug-likeness (QED) is 0.646. The number of nitrogens with one attached hydrogen (secondary N) is 3. The number of halogens is 1. The second kappa shape index (κ2) is 7.53. The van der Waals surface area contributed by atoms with Gasteiger partial charge in [0, 0.05) is 19.2 Å². The zero-order valence-corrected chi connectivity index (χ0v) is 13.0. The average molecular weight is 336 g/mol. The van der Waals surface area contributed by atoms with Gasteiger partial charge in [-0.3, -0.25) is 19.7 Å². The van der Waals surface area contributed by atoms with Gasteiger partial charge in [-0.2, -0.15) is 0 Å². The van der Waals surface area contributed by atoms with Gasteiger partial charge in [0.1, 0.15) is 11.9 Å². The smallest absolute Gasteiger partial charge is 0.322 e. The van der Waals surface area contributed by atoms with Crippen LogP contribution in [0.3, 0.4) is 0 Å². The zero-order chi connectivity index (χ0) is 17.7. The van der Waals surface area contributed by atoms with Crippen LogP contribution in [-0.4, -0.2) is 48.3 Å². The number of anilines is 1. The Kier molecular flexibility index (Phi) is 5.46. The van der Waals surface area contributed by atoms with Gasteiger partial charge < -0.3 is 15.5 Å². The molecule has 1 aliphatic rings. The minimum Gasteiger partial charge on any atom is -0.336 e. The summed E-state index contributed by atoms with van der Waals surface area (Å²) in [5, 5.41) is 7.02. The lowest BCUT2D eigenvalue weighted by atomic mass is 10.1. The summed E-state index contributed by atoms with van der Waals surface area (Å²) >= 11 is 0. The second-order valence-corrected chi connectivity index (χ2v) is 5.36. The summed E-state index contributed by atoms with van der Waals surface area (Å²) < 4.78 is 12.8. The highest BCUT2D eigenvalue weighted by molar-refractivity contribution is 6.04. The van der Waals surface area contributed by atoms with E-state index in [4.69, 9.17) is 0 Å². The van der Waals surface area contributed by atoms with Crippen molar-refractivity contribution in [2.75, 3.05) is 18.9 Å². The first-order valence-electron chi connectivity index (χ1n) is 7.26. The van der Waals surface area contributed by atoms with Crippen LogP contribution in [0.4, 0.5) is 14.9 Å². The van der Waals surface area contributed by atoms with Gasteiger partial charge >= 0.3 is 6.03 Å². The number of rotatable bonds is 6. The fraction of sp³-hybridized carbons (Fsp3) is 0.333. The molecule has 1 aromatic carbocycles. The molecule has 0 saturated carbocycles. The number of urea groups is 1. The number of nitrogens with zero attached hydrogens (tertiary/aromatic N) is 1. The molecule has 5 amide bonds. The predicted molar refractivity (Wildman–Crippen MR) is 82.4 cm³/mol. The van der Waals surface area contributed by atoms with Crippen molar-refractivity contribution >= 4 is 29.4 Å². The van der Waals surface area contributed by atoms with Gasteiger partial charge in [-0.05, 0) is 30.7 Å². The summed E-state index contributed by atoms with van der Waals surface area (Å²) in [6.07, 6.45) is 0.166. The van der Waals surface area contributed by atoms with Crippen molar-refractivity contribution in [1.29, 1.82) is 0 Å². The number of benzene rings is 1. The van der Waals surface area contributed by atoms with Gasteiger partial charge in [0.2, 0.25) is 11.8 Å². The SMILES string of the molecule is CN(CC(=O)Nc1ccc(F)cc1)C(=O)CC[C@H]1NC(=O)NC1=O. The minimum absolute atomic E-state index is 0.0126. The van der Waals surface area contributed by atoms with Crippen molar-refractivity contribution in [3.8, 4) is 0 Å². The van der Waals surface area contributed by atoms with Crippen LogP contribution >= 0.6 is 0 Å². The summed E-state index contributed by atoms with van der Waals surface area (Å²) in [4.78, 5) is 47.4. The van der Waals surface area contributed by atoms with E-state index in [-0.39, 0.29) is 25.3 Å². The molecule has 0 bridgehead atoms. The second-order valence-electron chi connectivity index (χ2n) is 5.36. The van der Waals surface area contributed by atoms with E-state index in [1.54, 1.807) is 0 Å². The van der Waals surface area contributed by atoms with Crippen molar-refractivity contribution < 1.29 is 23.6 Å². The van der Waals surface area contributed by atoms with Crippen molar-refractivity contribution in [3.63, 3.8) is 0 Å². The molecule has 0 aliphatic carbocycles. The Morgan fingerprint density at radius 3 is 2.50 bits per heavy atom. The molecule has 0 unspecified atom stereocenters. The maximum absolute atomic E-state index is 12.8. The van der Waals surface area contributed by atoms with Crippen LogP contribution in [0.15, 0.2) is 24.3 Å². The highest BCUT2D eigenvalue weighted by Crippen LogP contribution is 2.09. The standard InChI is InChI=1S/C15H17FN4O4/c1-20(8-12(21)17-10-4-2-9(16)3-5-10)13(22)7-6-11-14(23)19-15(24)18-11/h2-5,11H,6-8H2,1H3,(H,17,21)(H2,18,19,23,24)/t11-/m1/s1. The first-order valence-corrected chi connectivity index (χ1v) is 7.26. The average Bonchev–Trinajstić information content (AvgIpc) is 2.84. The molecule has 0 spiro atoms. The maximum Gasteiger partial charge on any atom is 0.322 e. The van der Waals surface area contributed by atoms with Crippen LogP contribution in [-0.2, 0) is 14.4 Å². The first kappa shape index (κ1) is 17.4. The van der Waals surface area contributed by atoms with Gasteiger partial charge in [-0.15, -0.1) is 0 Å². The fourth-order valence-corrected chi connectivity index (χ4v) is 2.16. The lowest BCUT2D eigenvalue weighted by molar-refractivity contribution is -0.133. The van der Waals surface area contributed by atoms with Crippen LogP contribution in [0.5, 0.6) is 0 Å². The van der Waals surface area contributed by atoms with Crippen LogP contribution in [0.2, 0.25) is 0 Å². The van der Waals surface area contributed by atoms with Crippen molar-refractivity contribution in [3.05, 3.63) is 30.1 Å². The third-order valence-electron chi connectivity index (χ3n) is 3.44. The molecule has 3 N–H and O–H groups in total. The molecule has 1 atom stereocenters. The minimum atomic E-state index is -0.733. The lowest BCUT2D eigenvalue weighted by Crippen LogP contribution is -2.36. The predicted octanol–water partition coefficient (Wildman–Crippen LogP) is 0.211. The Labute approximate surface area is 137 Å². The van der Waals surface area contributed by atoms with Crippen LogP contribution in [0.25, 0.3) is 0 Å². The molecule has 1 aromatic rings. The topological polar surface area (TPSA) is 108 Å². The molecular formula is C15H17FN4O4. The van der Waals surface area contributed by atoms with Gasteiger partial charge in [0.05, 0.1) is 6.54 Å². The van der Waals surface area contributed by atoms with Crippen LogP contribution in [0.1, 0.15) is 12.8 Å². The van der Waals surface area contributed by atoms with E-state index >= 15 is 0 Å². The Bertz CT molecular complexity index is 662. The number of amides is 5. The van der Waals surface area contributed by atoms with Crippen molar-refractivity contribution in [2.24, 2.45) is 0 Å². The third-order valence-corrected chi connectivity index (χ3v) is 3.44. The third kappa shape index (κ3) is 4.77. The van der Waals surface area contributed by atoms with Gasteiger partial charge in [-0.1, -0.05) is 0 Å². The van der Waals surface area contributed by atoms with Crippen molar-refractivity contribution in [1.82, 2.24) is 15.5 Å². The summed E-state index contributed by atoms with van der Waals surface area (Å²) in [5.41, 5.74) is 0.424. The largest absolute Gasteiger partial charge is 0.336 e. The maximum atomic E-state index is 12.8. The molecule has 128 valence electrons.